The second-order valence-electron chi connectivity index (χ2n) is 8.24. The highest BCUT2D eigenvalue weighted by atomic mass is 35.5. The molecule has 168 valence electrons. The fourth-order valence-corrected chi connectivity index (χ4v) is 4.69. The lowest BCUT2D eigenvalue weighted by atomic mass is 10.1. The van der Waals surface area contributed by atoms with Crippen molar-refractivity contribution >= 4 is 29.7 Å². The zero-order valence-corrected chi connectivity index (χ0v) is 19.8. The second-order valence-corrected chi connectivity index (χ2v) is 9.06. The van der Waals surface area contributed by atoms with Crippen molar-refractivity contribution in [3.05, 3.63) is 69.5 Å². The Hall–Kier alpha value is -2.48. The first-order valence-electron chi connectivity index (χ1n) is 11.0. The molecule has 1 unspecified atom stereocenters. The van der Waals surface area contributed by atoms with Crippen LogP contribution in [-0.4, -0.2) is 45.2 Å². The molecular formula is C24H28ClN5OS. The lowest BCUT2D eigenvalue weighted by molar-refractivity contribution is -0.121. The summed E-state index contributed by atoms with van der Waals surface area (Å²) in [5.41, 5.74) is 3.26. The Morgan fingerprint density at radius 3 is 2.75 bits per heavy atom. The summed E-state index contributed by atoms with van der Waals surface area (Å²) in [6.07, 6.45) is 2.70. The molecule has 1 fully saturated rings. The van der Waals surface area contributed by atoms with Gasteiger partial charge in [0.1, 0.15) is 0 Å². The molecule has 2 aromatic carbocycles. The molecule has 8 heteroatoms. The van der Waals surface area contributed by atoms with E-state index in [0.717, 1.165) is 40.6 Å². The number of nitrogens with one attached hydrogen (secondary N) is 2. The number of halogens is 1. The van der Waals surface area contributed by atoms with Crippen LogP contribution in [0.15, 0.2) is 48.5 Å². The van der Waals surface area contributed by atoms with Crippen molar-refractivity contribution in [3.8, 4) is 11.4 Å². The van der Waals surface area contributed by atoms with Crippen molar-refractivity contribution in [2.24, 2.45) is 0 Å². The third kappa shape index (κ3) is 5.46. The lowest BCUT2D eigenvalue weighted by Gasteiger charge is -2.28. The third-order valence-electron chi connectivity index (χ3n) is 5.90. The summed E-state index contributed by atoms with van der Waals surface area (Å²) < 4.78 is 2.40. The number of nitrogens with zero attached hydrogens (tertiary/aromatic N) is 3. The number of carbonyl (C=O) groups is 1. The maximum absolute atomic E-state index is 12.7. The van der Waals surface area contributed by atoms with E-state index in [1.165, 1.54) is 12.8 Å². The van der Waals surface area contributed by atoms with E-state index in [1.807, 2.05) is 47.9 Å². The summed E-state index contributed by atoms with van der Waals surface area (Å²) in [7, 11) is 0. The van der Waals surface area contributed by atoms with Gasteiger partial charge in [-0.25, -0.2) is 0 Å². The van der Waals surface area contributed by atoms with Crippen LogP contribution in [0.5, 0.6) is 0 Å². The Balaban J connectivity index is 1.41. The molecule has 0 aliphatic carbocycles. The monoisotopic (exact) mass is 469 g/mol. The first-order valence-corrected chi connectivity index (χ1v) is 11.8. The Morgan fingerprint density at radius 2 is 2.00 bits per heavy atom. The number of benzene rings is 2. The van der Waals surface area contributed by atoms with Crippen LogP contribution in [0.2, 0.25) is 5.02 Å². The first kappa shape index (κ1) is 22.7. The number of aromatic amines is 1. The highest BCUT2D eigenvalue weighted by molar-refractivity contribution is 7.71. The van der Waals surface area contributed by atoms with Crippen molar-refractivity contribution in [3.63, 3.8) is 0 Å². The average molecular weight is 470 g/mol. The first-order chi connectivity index (χ1) is 15.5. The van der Waals surface area contributed by atoms with Crippen molar-refractivity contribution in [1.82, 2.24) is 25.0 Å². The summed E-state index contributed by atoms with van der Waals surface area (Å²) >= 11 is 11.6. The average Bonchev–Trinajstić information content (AvgIpc) is 3.43. The van der Waals surface area contributed by atoms with Crippen LogP contribution in [-0.2, 0) is 11.3 Å². The standard InChI is InChI=1S/C24H28ClN5OS/c1-17-6-4-8-19(14-17)23-27-28-24(32)30(23)13-10-22(31)26-16-21(29-11-2-3-12-29)18-7-5-9-20(25)15-18/h4-9,14-15,21H,2-3,10-13,16H2,1H3,(H,26,31)(H,28,32). The van der Waals surface area contributed by atoms with Gasteiger partial charge in [-0.3, -0.25) is 19.4 Å². The summed E-state index contributed by atoms with van der Waals surface area (Å²) in [5.74, 6) is 0.745. The molecule has 4 rings (SSSR count). The van der Waals surface area contributed by atoms with Gasteiger partial charge >= 0.3 is 0 Å². The molecule has 0 radical (unpaired) electrons. The molecule has 1 amide bonds. The minimum atomic E-state index is -0.00508. The van der Waals surface area contributed by atoms with Gasteiger partial charge in [-0.2, -0.15) is 5.10 Å². The van der Waals surface area contributed by atoms with Crippen LogP contribution >= 0.6 is 23.8 Å². The van der Waals surface area contributed by atoms with E-state index >= 15 is 0 Å². The molecule has 32 heavy (non-hydrogen) atoms. The molecule has 2 N–H and O–H groups in total. The summed E-state index contributed by atoms with van der Waals surface area (Å²) in [6.45, 7) is 5.14. The molecule has 1 atom stereocenters. The number of hydrogen-bond acceptors (Lipinski definition) is 4. The fraction of sp³-hybridized carbons (Fsp3) is 0.375. The molecule has 1 saturated heterocycles. The maximum Gasteiger partial charge on any atom is 0.221 e. The molecule has 1 aliphatic heterocycles. The Bertz CT molecular complexity index is 1140. The minimum absolute atomic E-state index is 0.00508. The van der Waals surface area contributed by atoms with E-state index < -0.39 is 0 Å². The van der Waals surface area contributed by atoms with Crippen LogP contribution in [0.4, 0.5) is 0 Å². The molecule has 2 heterocycles. The van der Waals surface area contributed by atoms with E-state index in [0.29, 0.717) is 24.3 Å². The van der Waals surface area contributed by atoms with Gasteiger partial charge in [-0.15, -0.1) is 0 Å². The topological polar surface area (TPSA) is 66.0 Å². The Morgan fingerprint density at radius 1 is 1.22 bits per heavy atom. The van der Waals surface area contributed by atoms with Gasteiger partial charge in [0.15, 0.2) is 10.6 Å². The summed E-state index contributed by atoms with van der Waals surface area (Å²) in [5, 5.41) is 11.1. The number of likely N-dealkylation sites (tertiary alicyclic amines) is 1. The number of amides is 1. The number of carbonyl (C=O) groups excluding carboxylic acids is 1. The summed E-state index contributed by atoms with van der Waals surface area (Å²) in [4.78, 5) is 15.2. The number of rotatable bonds is 8. The normalized spacial score (nSPS) is 15.1. The SMILES string of the molecule is Cc1cccc(-c2n[nH]c(=S)n2CCC(=O)NCC(c2cccc(Cl)c2)N2CCCC2)c1. The predicted octanol–water partition coefficient (Wildman–Crippen LogP) is 4.91. The molecule has 0 spiro atoms. The maximum atomic E-state index is 12.7. The molecule has 0 saturated carbocycles. The van der Waals surface area contributed by atoms with Crippen LogP contribution in [0.3, 0.4) is 0 Å². The quantitative estimate of drug-likeness (QED) is 0.460. The highest BCUT2D eigenvalue weighted by Crippen LogP contribution is 2.26. The molecule has 6 nitrogen and oxygen atoms in total. The van der Waals surface area contributed by atoms with Gasteiger partial charge in [0.05, 0.1) is 6.04 Å². The lowest BCUT2D eigenvalue weighted by Crippen LogP contribution is -2.37. The smallest absolute Gasteiger partial charge is 0.221 e. The van der Waals surface area contributed by atoms with Crippen LogP contribution in [0, 0.1) is 11.7 Å². The zero-order chi connectivity index (χ0) is 22.5. The Labute approximate surface area is 198 Å². The number of aromatic nitrogens is 3. The molecular weight excluding hydrogens is 442 g/mol. The van der Waals surface area contributed by atoms with Gasteiger partial charge in [-0.1, -0.05) is 47.5 Å². The van der Waals surface area contributed by atoms with E-state index in [2.05, 4.69) is 32.5 Å². The zero-order valence-electron chi connectivity index (χ0n) is 18.2. The third-order valence-corrected chi connectivity index (χ3v) is 6.45. The van der Waals surface area contributed by atoms with Gasteiger partial charge in [0, 0.05) is 30.1 Å². The Kier molecular flexibility index (Phi) is 7.40. The second kappa shape index (κ2) is 10.4. The van der Waals surface area contributed by atoms with E-state index in [9.17, 15) is 4.79 Å². The predicted molar refractivity (Wildman–Crippen MR) is 130 cm³/mol. The van der Waals surface area contributed by atoms with Crippen LogP contribution in [0.1, 0.15) is 36.4 Å². The van der Waals surface area contributed by atoms with Crippen LogP contribution in [0.25, 0.3) is 11.4 Å². The van der Waals surface area contributed by atoms with Crippen molar-refractivity contribution in [1.29, 1.82) is 0 Å². The van der Waals surface area contributed by atoms with Gasteiger partial charge in [0.2, 0.25) is 5.91 Å². The minimum Gasteiger partial charge on any atom is -0.354 e. The highest BCUT2D eigenvalue weighted by Gasteiger charge is 2.24. The molecule has 3 aromatic rings. The van der Waals surface area contributed by atoms with Gasteiger partial charge < -0.3 is 5.32 Å². The molecule has 0 bridgehead atoms. The number of aryl methyl sites for hydroxylation is 1. The number of H-pyrrole nitrogens is 1. The molecule has 1 aliphatic rings. The van der Waals surface area contributed by atoms with Crippen molar-refractivity contribution in [2.75, 3.05) is 19.6 Å². The van der Waals surface area contributed by atoms with Gasteiger partial charge in [-0.05, 0) is 68.8 Å². The largest absolute Gasteiger partial charge is 0.354 e. The van der Waals surface area contributed by atoms with E-state index in [4.69, 9.17) is 23.8 Å². The van der Waals surface area contributed by atoms with Crippen molar-refractivity contribution < 1.29 is 4.79 Å². The van der Waals surface area contributed by atoms with Crippen molar-refractivity contribution in [2.45, 2.75) is 38.8 Å². The molecule has 1 aromatic heterocycles. The summed E-state index contributed by atoms with van der Waals surface area (Å²) in [6, 6.07) is 16.1. The van der Waals surface area contributed by atoms with Gasteiger partial charge in [0.25, 0.3) is 0 Å². The van der Waals surface area contributed by atoms with Crippen LogP contribution < -0.4 is 5.32 Å². The van der Waals surface area contributed by atoms with E-state index in [1.54, 1.807) is 0 Å². The van der Waals surface area contributed by atoms with E-state index in [-0.39, 0.29) is 11.9 Å². The number of hydrogen-bond donors (Lipinski definition) is 2. The fourth-order valence-electron chi connectivity index (χ4n) is 4.27.